The van der Waals surface area contributed by atoms with Crippen molar-refractivity contribution in [1.82, 2.24) is 10.2 Å². The molecule has 0 saturated heterocycles. The zero-order chi connectivity index (χ0) is 20.0. The second-order valence-electron chi connectivity index (χ2n) is 5.97. The largest absolute Gasteiger partial charge is 0.503 e. The Kier molecular flexibility index (Phi) is 4.70. The van der Waals surface area contributed by atoms with Crippen molar-refractivity contribution in [3.63, 3.8) is 0 Å². The minimum Gasteiger partial charge on any atom is -0.503 e. The number of amides is 1. The van der Waals surface area contributed by atoms with Crippen molar-refractivity contribution < 1.29 is 19.1 Å². The summed E-state index contributed by atoms with van der Waals surface area (Å²) in [4.78, 5) is 27.1. The van der Waals surface area contributed by atoms with Crippen LogP contribution in [0.4, 0.5) is 5.13 Å². The van der Waals surface area contributed by atoms with Gasteiger partial charge in [0.15, 0.2) is 11.5 Å². The van der Waals surface area contributed by atoms with Crippen molar-refractivity contribution in [2.75, 3.05) is 4.90 Å². The molecule has 2 aromatic heterocycles. The molecule has 28 heavy (non-hydrogen) atoms. The van der Waals surface area contributed by atoms with E-state index in [4.69, 9.17) is 27.6 Å². The molecule has 1 aliphatic heterocycles. The van der Waals surface area contributed by atoms with E-state index in [9.17, 15) is 14.7 Å². The Morgan fingerprint density at radius 1 is 1.25 bits per heavy atom. The molecule has 1 aromatic carbocycles. The summed E-state index contributed by atoms with van der Waals surface area (Å²) in [5, 5.41) is 19.0. The number of rotatable bonds is 4. The summed E-state index contributed by atoms with van der Waals surface area (Å²) in [5.74, 6) is -1.51. The Labute approximate surface area is 172 Å². The molecular formula is C18H11Cl2N3O4S. The number of aliphatic hydroxyl groups excluding tert-OH is 1. The summed E-state index contributed by atoms with van der Waals surface area (Å²) in [6, 6.07) is 6.86. The molecular weight excluding hydrogens is 425 g/mol. The SMILES string of the molecule is Cc1ccc(C(=O)C2=C(O)C(=O)N(c3nncs3)C2c2ccc(Cl)c(Cl)c2)o1. The Hall–Kier alpha value is -2.68. The van der Waals surface area contributed by atoms with Gasteiger partial charge in [0.2, 0.25) is 10.9 Å². The molecule has 1 aliphatic rings. The van der Waals surface area contributed by atoms with E-state index in [1.54, 1.807) is 25.1 Å². The highest BCUT2D eigenvalue weighted by Gasteiger charge is 2.46. The summed E-state index contributed by atoms with van der Waals surface area (Å²) < 4.78 is 5.40. The number of Topliss-reactive ketones (excluding diaryl/α,β-unsaturated/α-hetero) is 1. The normalized spacial score (nSPS) is 16.9. The quantitative estimate of drug-likeness (QED) is 0.604. The van der Waals surface area contributed by atoms with E-state index in [1.807, 2.05) is 0 Å². The standard InChI is InChI=1S/C18H11Cl2N3O4S/c1-8-2-5-12(27-8)15(24)13-14(9-3-4-10(19)11(20)6-9)23(17(26)16(13)25)18-22-21-7-28-18/h2-7,14,25H,1H3. The first kappa shape index (κ1) is 18.7. The average Bonchev–Trinajstić information content (AvgIpc) is 3.38. The number of aromatic nitrogens is 2. The monoisotopic (exact) mass is 435 g/mol. The maximum Gasteiger partial charge on any atom is 0.296 e. The third-order valence-electron chi connectivity index (χ3n) is 4.23. The van der Waals surface area contributed by atoms with Gasteiger partial charge in [-0.2, -0.15) is 0 Å². The predicted molar refractivity (Wildman–Crippen MR) is 104 cm³/mol. The molecule has 0 saturated carbocycles. The van der Waals surface area contributed by atoms with Gasteiger partial charge in [0.1, 0.15) is 11.3 Å². The van der Waals surface area contributed by atoms with Crippen molar-refractivity contribution >= 4 is 51.4 Å². The van der Waals surface area contributed by atoms with Gasteiger partial charge in [-0.1, -0.05) is 40.6 Å². The van der Waals surface area contributed by atoms with E-state index in [0.29, 0.717) is 16.3 Å². The van der Waals surface area contributed by atoms with Gasteiger partial charge in [-0.25, -0.2) is 0 Å². The van der Waals surface area contributed by atoms with Gasteiger partial charge in [0.25, 0.3) is 5.91 Å². The molecule has 0 fully saturated rings. The number of ketones is 1. The number of halogens is 2. The van der Waals surface area contributed by atoms with Crippen LogP contribution in [0.25, 0.3) is 0 Å². The molecule has 142 valence electrons. The van der Waals surface area contributed by atoms with Crippen molar-refractivity contribution in [2.45, 2.75) is 13.0 Å². The Balaban J connectivity index is 1.89. The van der Waals surface area contributed by atoms with Gasteiger partial charge in [0.05, 0.1) is 21.7 Å². The molecule has 10 heteroatoms. The number of furan rings is 1. The predicted octanol–water partition coefficient (Wildman–Crippen LogP) is 4.53. The molecule has 0 bridgehead atoms. The van der Waals surface area contributed by atoms with Crippen LogP contribution in [0.15, 0.2) is 51.6 Å². The molecule has 1 atom stereocenters. The molecule has 1 N–H and O–H groups in total. The zero-order valence-electron chi connectivity index (χ0n) is 14.2. The lowest BCUT2D eigenvalue weighted by atomic mass is 9.95. The maximum absolute atomic E-state index is 13.1. The lowest BCUT2D eigenvalue weighted by Gasteiger charge is -2.24. The second kappa shape index (κ2) is 7.05. The molecule has 0 spiro atoms. The molecule has 0 aliphatic carbocycles. The number of carbonyl (C=O) groups excluding carboxylic acids is 2. The minimum absolute atomic E-state index is 0.0102. The van der Waals surface area contributed by atoms with Crippen LogP contribution in [0.5, 0.6) is 0 Å². The highest BCUT2D eigenvalue weighted by atomic mass is 35.5. The topological polar surface area (TPSA) is 96.5 Å². The van der Waals surface area contributed by atoms with E-state index in [2.05, 4.69) is 10.2 Å². The molecule has 3 aromatic rings. The number of carbonyl (C=O) groups is 2. The number of aryl methyl sites for hydroxylation is 1. The van der Waals surface area contributed by atoms with E-state index in [0.717, 1.165) is 11.3 Å². The number of hydrogen-bond donors (Lipinski definition) is 1. The van der Waals surface area contributed by atoms with Gasteiger partial charge in [-0.3, -0.25) is 14.5 Å². The van der Waals surface area contributed by atoms with Crippen molar-refractivity contribution in [3.8, 4) is 0 Å². The fraction of sp³-hybridized carbons (Fsp3) is 0.111. The second-order valence-corrected chi connectivity index (χ2v) is 7.60. The number of anilines is 1. The fourth-order valence-corrected chi connectivity index (χ4v) is 3.89. The minimum atomic E-state index is -0.965. The van der Waals surface area contributed by atoms with Crippen LogP contribution in [-0.4, -0.2) is 27.0 Å². The summed E-state index contributed by atoms with van der Waals surface area (Å²) in [5.41, 5.74) is 1.79. The van der Waals surface area contributed by atoms with Crippen molar-refractivity contribution in [1.29, 1.82) is 0 Å². The van der Waals surface area contributed by atoms with E-state index >= 15 is 0 Å². The Bertz CT molecular complexity index is 1120. The fourth-order valence-electron chi connectivity index (χ4n) is 2.99. The third-order valence-corrected chi connectivity index (χ3v) is 5.66. The van der Waals surface area contributed by atoms with E-state index < -0.39 is 23.5 Å². The first-order valence-electron chi connectivity index (χ1n) is 7.97. The molecule has 1 unspecified atom stereocenters. The van der Waals surface area contributed by atoms with Gasteiger partial charge < -0.3 is 9.52 Å². The van der Waals surface area contributed by atoms with Crippen LogP contribution in [0.3, 0.4) is 0 Å². The molecule has 1 amide bonds. The number of benzene rings is 1. The number of hydrogen-bond acceptors (Lipinski definition) is 7. The molecule has 0 radical (unpaired) electrons. The molecule has 4 rings (SSSR count). The van der Waals surface area contributed by atoms with Gasteiger partial charge in [0, 0.05) is 0 Å². The smallest absolute Gasteiger partial charge is 0.296 e. The van der Waals surface area contributed by atoms with Gasteiger partial charge in [-0.15, -0.1) is 10.2 Å². The average molecular weight is 436 g/mol. The maximum atomic E-state index is 13.1. The van der Waals surface area contributed by atoms with Crippen molar-refractivity contribution in [3.05, 3.63) is 74.3 Å². The summed E-state index contributed by atoms with van der Waals surface area (Å²) in [7, 11) is 0. The zero-order valence-corrected chi connectivity index (χ0v) is 16.5. The first-order chi connectivity index (χ1) is 13.4. The van der Waals surface area contributed by atoms with Crippen LogP contribution >= 0.6 is 34.5 Å². The lowest BCUT2D eigenvalue weighted by Crippen LogP contribution is -2.31. The lowest BCUT2D eigenvalue weighted by molar-refractivity contribution is -0.117. The van der Waals surface area contributed by atoms with Crippen LogP contribution < -0.4 is 4.90 Å². The Morgan fingerprint density at radius 3 is 2.64 bits per heavy atom. The summed E-state index contributed by atoms with van der Waals surface area (Å²) >= 11 is 13.2. The third kappa shape index (κ3) is 2.99. The number of nitrogens with zero attached hydrogens (tertiary/aromatic N) is 3. The molecule has 3 heterocycles. The van der Waals surface area contributed by atoms with E-state index in [-0.39, 0.29) is 21.5 Å². The highest BCUT2D eigenvalue weighted by Crippen LogP contribution is 2.43. The summed E-state index contributed by atoms with van der Waals surface area (Å²) in [6.45, 7) is 1.69. The van der Waals surface area contributed by atoms with Crippen LogP contribution in [0.1, 0.15) is 27.9 Å². The van der Waals surface area contributed by atoms with Crippen molar-refractivity contribution in [2.24, 2.45) is 0 Å². The highest BCUT2D eigenvalue weighted by molar-refractivity contribution is 7.13. The number of aliphatic hydroxyl groups is 1. The van der Waals surface area contributed by atoms with Gasteiger partial charge >= 0.3 is 0 Å². The van der Waals surface area contributed by atoms with E-state index in [1.165, 1.54) is 22.5 Å². The van der Waals surface area contributed by atoms with Crippen LogP contribution in [-0.2, 0) is 4.79 Å². The van der Waals surface area contributed by atoms with Gasteiger partial charge in [-0.05, 0) is 36.8 Å². The Morgan fingerprint density at radius 2 is 2.04 bits per heavy atom. The van der Waals surface area contributed by atoms with Crippen LogP contribution in [0, 0.1) is 6.92 Å². The summed E-state index contributed by atoms with van der Waals surface area (Å²) in [6.07, 6.45) is 0. The van der Waals surface area contributed by atoms with Crippen LogP contribution in [0.2, 0.25) is 10.0 Å². The molecule has 7 nitrogen and oxygen atoms in total. The first-order valence-corrected chi connectivity index (χ1v) is 9.61.